The van der Waals surface area contributed by atoms with E-state index in [0.717, 1.165) is 18.5 Å². The molecule has 1 saturated carbocycles. The first-order chi connectivity index (χ1) is 8.74. The van der Waals surface area contributed by atoms with Gasteiger partial charge in [-0.25, -0.2) is 0 Å². The summed E-state index contributed by atoms with van der Waals surface area (Å²) in [5.74, 6) is 0. The quantitative estimate of drug-likeness (QED) is 0.766. The summed E-state index contributed by atoms with van der Waals surface area (Å²) >= 11 is 2.28. The third kappa shape index (κ3) is 4.74. The second-order valence-corrected chi connectivity index (χ2v) is 6.03. The fraction of sp³-hybridized carbons (Fsp3) is 0.571. The Morgan fingerprint density at radius 1 is 1.28 bits per heavy atom. The van der Waals surface area contributed by atoms with Gasteiger partial charge in [0.2, 0.25) is 0 Å². The number of hydrogen-bond acceptors (Lipinski definition) is 3. The molecule has 0 bridgehead atoms. The average Bonchev–Trinajstić information content (AvgIpc) is 2.89. The van der Waals surface area contributed by atoms with E-state index in [1.54, 1.807) is 0 Å². The molecule has 1 aromatic rings. The number of aliphatic hydroxyl groups excluding tert-OH is 1. The van der Waals surface area contributed by atoms with Gasteiger partial charge in [0.1, 0.15) is 0 Å². The first-order valence-electron chi connectivity index (χ1n) is 6.53. The zero-order valence-corrected chi connectivity index (χ0v) is 12.6. The van der Waals surface area contributed by atoms with Crippen LogP contribution in [0.1, 0.15) is 25.7 Å². The molecule has 1 aliphatic carbocycles. The highest BCUT2D eigenvalue weighted by molar-refractivity contribution is 14.1. The Kier molecular flexibility index (Phi) is 5.72. The Hall–Kier alpha value is -0.330. The molecule has 1 atom stereocenters. The summed E-state index contributed by atoms with van der Waals surface area (Å²) in [6.07, 6.45) is 4.76. The normalized spacial score (nSPS) is 17.9. The number of nitrogens with one attached hydrogen (secondary N) is 1. The van der Waals surface area contributed by atoms with Gasteiger partial charge in [0.15, 0.2) is 0 Å². The maximum Gasteiger partial charge on any atom is 0.0945 e. The van der Waals surface area contributed by atoms with Crippen molar-refractivity contribution in [3.05, 3.63) is 27.8 Å². The molecule has 1 aromatic carbocycles. The third-order valence-electron chi connectivity index (χ3n) is 3.21. The van der Waals surface area contributed by atoms with Crippen molar-refractivity contribution in [1.82, 2.24) is 0 Å². The summed E-state index contributed by atoms with van der Waals surface area (Å²) in [6.45, 7) is 0.968. The molecule has 2 N–H and O–H groups in total. The van der Waals surface area contributed by atoms with Crippen LogP contribution in [0.4, 0.5) is 5.69 Å². The van der Waals surface area contributed by atoms with Crippen molar-refractivity contribution in [3.63, 3.8) is 0 Å². The number of anilines is 1. The third-order valence-corrected chi connectivity index (χ3v) is 3.93. The van der Waals surface area contributed by atoms with Gasteiger partial charge in [0, 0.05) is 15.8 Å². The van der Waals surface area contributed by atoms with Crippen molar-refractivity contribution in [2.24, 2.45) is 0 Å². The summed E-state index contributed by atoms with van der Waals surface area (Å²) in [5, 5.41) is 13.1. The summed E-state index contributed by atoms with van der Waals surface area (Å²) in [6, 6.07) is 8.13. The molecule has 18 heavy (non-hydrogen) atoms. The summed E-state index contributed by atoms with van der Waals surface area (Å²) < 4.78 is 6.89. The maximum atomic E-state index is 9.84. The van der Waals surface area contributed by atoms with Crippen molar-refractivity contribution < 1.29 is 9.84 Å². The van der Waals surface area contributed by atoms with E-state index >= 15 is 0 Å². The van der Waals surface area contributed by atoms with E-state index < -0.39 is 6.10 Å². The summed E-state index contributed by atoms with van der Waals surface area (Å²) in [7, 11) is 0. The number of aliphatic hydroxyl groups is 1. The van der Waals surface area contributed by atoms with E-state index in [4.69, 9.17) is 4.74 Å². The highest BCUT2D eigenvalue weighted by Gasteiger charge is 2.16. The lowest BCUT2D eigenvalue weighted by Gasteiger charge is -2.16. The van der Waals surface area contributed by atoms with Crippen LogP contribution >= 0.6 is 22.6 Å². The van der Waals surface area contributed by atoms with E-state index in [9.17, 15) is 5.11 Å². The molecule has 0 spiro atoms. The molecular weight excluding hydrogens is 341 g/mol. The number of halogens is 1. The van der Waals surface area contributed by atoms with Crippen molar-refractivity contribution in [1.29, 1.82) is 0 Å². The van der Waals surface area contributed by atoms with Gasteiger partial charge < -0.3 is 15.2 Å². The van der Waals surface area contributed by atoms with E-state index in [0.29, 0.717) is 19.3 Å². The fourth-order valence-corrected chi connectivity index (χ4v) is 2.52. The number of benzene rings is 1. The van der Waals surface area contributed by atoms with Crippen molar-refractivity contribution >= 4 is 28.3 Å². The molecule has 4 heteroatoms. The highest BCUT2D eigenvalue weighted by atomic mass is 127. The lowest BCUT2D eigenvalue weighted by molar-refractivity contribution is -0.00117. The SMILES string of the molecule is OC(CNc1ccc(I)cc1)COC1CCCC1. The minimum absolute atomic E-state index is 0.373. The standard InChI is InChI=1S/C14H20INO2/c15-11-5-7-12(8-6-11)16-9-13(17)10-18-14-3-1-2-4-14/h5-8,13-14,16-17H,1-4,9-10H2. The molecule has 1 aliphatic rings. The van der Waals surface area contributed by atoms with E-state index in [-0.39, 0.29) is 0 Å². The molecule has 0 amide bonds. The molecule has 1 unspecified atom stereocenters. The maximum absolute atomic E-state index is 9.84. The number of ether oxygens (including phenoxy) is 1. The number of rotatable bonds is 6. The van der Waals surface area contributed by atoms with Crippen molar-refractivity contribution in [3.8, 4) is 0 Å². The van der Waals surface area contributed by atoms with Crippen LogP contribution in [0.25, 0.3) is 0 Å². The second kappa shape index (κ2) is 7.31. The molecule has 0 saturated heterocycles. The van der Waals surface area contributed by atoms with Crippen LogP contribution in [-0.4, -0.2) is 30.5 Å². The molecule has 1 fully saturated rings. The second-order valence-electron chi connectivity index (χ2n) is 4.78. The van der Waals surface area contributed by atoms with Gasteiger partial charge in [0.25, 0.3) is 0 Å². The minimum Gasteiger partial charge on any atom is -0.389 e. The Morgan fingerprint density at radius 3 is 2.61 bits per heavy atom. The van der Waals surface area contributed by atoms with Crippen molar-refractivity contribution in [2.75, 3.05) is 18.5 Å². The topological polar surface area (TPSA) is 41.5 Å². The van der Waals surface area contributed by atoms with Gasteiger partial charge >= 0.3 is 0 Å². The van der Waals surface area contributed by atoms with Gasteiger partial charge in [-0.3, -0.25) is 0 Å². The molecular formula is C14H20INO2. The van der Waals surface area contributed by atoms with Crippen LogP contribution in [0.15, 0.2) is 24.3 Å². The van der Waals surface area contributed by atoms with E-state index in [1.807, 2.05) is 24.3 Å². The molecule has 3 nitrogen and oxygen atoms in total. The van der Waals surface area contributed by atoms with Crippen LogP contribution in [0.3, 0.4) is 0 Å². The van der Waals surface area contributed by atoms with Crippen molar-refractivity contribution in [2.45, 2.75) is 37.9 Å². The highest BCUT2D eigenvalue weighted by Crippen LogP contribution is 2.21. The van der Waals surface area contributed by atoms with Crippen LogP contribution in [0, 0.1) is 3.57 Å². The van der Waals surface area contributed by atoms with Crippen LogP contribution in [0.2, 0.25) is 0 Å². The summed E-state index contributed by atoms with van der Waals surface area (Å²) in [5.41, 5.74) is 1.04. The van der Waals surface area contributed by atoms with Gasteiger partial charge in [-0.05, 0) is 59.7 Å². The first kappa shape index (κ1) is 14.1. The van der Waals surface area contributed by atoms with E-state index in [2.05, 4.69) is 27.9 Å². The first-order valence-corrected chi connectivity index (χ1v) is 7.61. The Morgan fingerprint density at radius 2 is 1.94 bits per heavy atom. The molecule has 100 valence electrons. The lowest BCUT2D eigenvalue weighted by Crippen LogP contribution is -2.27. The van der Waals surface area contributed by atoms with Gasteiger partial charge in [-0.15, -0.1) is 0 Å². The Bertz CT molecular complexity index is 349. The predicted molar refractivity (Wildman–Crippen MR) is 81.9 cm³/mol. The monoisotopic (exact) mass is 361 g/mol. The average molecular weight is 361 g/mol. The van der Waals surface area contributed by atoms with Gasteiger partial charge in [-0.2, -0.15) is 0 Å². The zero-order valence-electron chi connectivity index (χ0n) is 10.4. The Balaban J connectivity index is 1.64. The van der Waals surface area contributed by atoms with Crippen LogP contribution in [0.5, 0.6) is 0 Å². The number of hydrogen-bond donors (Lipinski definition) is 2. The summed E-state index contributed by atoms with van der Waals surface area (Å²) in [4.78, 5) is 0. The lowest BCUT2D eigenvalue weighted by atomic mass is 10.3. The molecule has 0 heterocycles. The Labute approximate surface area is 122 Å². The zero-order chi connectivity index (χ0) is 12.8. The minimum atomic E-state index is -0.440. The molecule has 0 radical (unpaired) electrons. The predicted octanol–water partition coefficient (Wildman–Crippen LogP) is 3.02. The molecule has 0 aliphatic heterocycles. The fourth-order valence-electron chi connectivity index (χ4n) is 2.16. The van der Waals surface area contributed by atoms with Gasteiger partial charge in [0.05, 0.1) is 18.8 Å². The molecule has 0 aromatic heterocycles. The largest absolute Gasteiger partial charge is 0.389 e. The van der Waals surface area contributed by atoms with Gasteiger partial charge in [-0.1, -0.05) is 12.8 Å². The van der Waals surface area contributed by atoms with E-state index in [1.165, 1.54) is 16.4 Å². The van der Waals surface area contributed by atoms with Crippen LogP contribution in [-0.2, 0) is 4.74 Å². The van der Waals surface area contributed by atoms with Crippen LogP contribution < -0.4 is 5.32 Å². The smallest absolute Gasteiger partial charge is 0.0945 e. The molecule has 2 rings (SSSR count).